The Morgan fingerprint density at radius 1 is 1.06 bits per heavy atom. The molecule has 2 aliphatic heterocycles. The van der Waals surface area contributed by atoms with Crippen molar-refractivity contribution in [2.75, 3.05) is 13.2 Å². The molecule has 3 N–H and O–H groups in total. The highest BCUT2D eigenvalue weighted by Gasteiger charge is 2.62. The molecule has 1 unspecified atom stereocenters. The third-order valence-electron chi connectivity index (χ3n) is 11.2. The normalized spacial score (nSPS) is 29.4. The van der Waals surface area contributed by atoms with E-state index in [4.69, 9.17) is 9.47 Å². The summed E-state index contributed by atoms with van der Waals surface area (Å²) in [6.45, 7) is 2.17. The number of ether oxygens (including phenoxy) is 2. The van der Waals surface area contributed by atoms with E-state index in [1.807, 2.05) is 19.1 Å². The fraction of sp³-hybridized carbons (Fsp3) is 0.639. The molecule has 5 aliphatic rings. The highest BCUT2D eigenvalue weighted by atomic mass is 32.2. The number of nitrogens with one attached hydrogen (secondary N) is 3. The second kappa shape index (κ2) is 14.0. The average Bonchev–Trinajstić information content (AvgIpc) is 3.97. The van der Waals surface area contributed by atoms with Crippen LogP contribution in [-0.4, -0.2) is 84.2 Å². The molecule has 7 rings (SSSR count). The van der Waals surface area contributed by atoms with Crippen LogP contribution in [-0.2, 0) is 35.6 Å². The van der Waals surface area contributed by atoms with Crippen molar-refractivity contribution >= 4 is 44.6 Å². The lowest BCUT2D eigenvalue weighted by Crippen LogP contribution is -2.59. The van der Waals surface area contributed by atoms with Crippen LogP contribution in [0.2, 0.25) is 0 Å². The average molecular weight is 710 g/mol. The van der Waals surface area contributed by atoms with E-state index in [-0.39, 0.29) is 31.4 Å². The van der Waals surface area contributed by atoms with Gasteiger partial charge in [0, 0.05) is 18.0 Å². The fourth-order valence-corrected chi connectivity index (χ4v) is 9.42. The van der Waals surface area contributed by atoms with Crippen LogP contribution in [0.5, 0.6) is 5.88 Å². The Morgan fingerprint density at radius 2 is 1.86 bits per heavy atom. The number of amides is 4. The summed E-state index contributed by atoms with van der Waals surface area (Å²) in [5, 5.41) is 6.95. The maximum absolute atomic E-state index is 14.5. The summed E-state index contributed by atoms with van der Waals surface area (Å²) >= 11 is 0. The Bertz CT molecular complexity index is 1760. The van der Waals surface area contributed by atoms with Gasteiger partial charge in [-0.2, -0.15) is 0 Å². The van der Waals surface area contributed by atoms with E-state index >= 15 is 0 Å². The Kier molecular flexibility index (Phi) is 9.66. The van der Waals surface area contributed by atoms with Crippen molar-refractivity contribution in [3.05, 3.63) is 36.0 Å². The van der Waals surface area contributed by atoms with Gasteiger partial charge in [0.1, 0.15) is 23.7 Å². The molecule has 13 nitrogen and oxygen atoms in total. The Morgan fingerprint density at radius 3 is 2.60 bits per heavy atom. The lowest BCUT2D eigenvalue weighted by molar-refractivity contribution is -0.142. The summed E-state index contributed by atoms with van der Waals surface area (Å²) in [5.41, 5.74) is -0.272. The molecule has 2 aromatic rings. The lowest BCUT2D eigenvalue weighted by Gasteiger charge is -2.32. The number of nitrogens with zero attached hydrogens (tertiary/aromatic N) is 2. The lowest BCUT2D eigenvalue weighted by atomic mass is 9.96. The molecule has 1 aromatic carbocycles. The zero-order valence-electron chi connectivity index (χ0n) is 28.5. The van der Waals surface area contributed by atoms with E-state index < -0.39 is 62.8 Å². The molecular weight excluding hydrogens is 662 g/mol. The first-order chi connectivity index (χ1) is 24.1. The van der Waals surface area contributed by atoms with Crippen LogP contribution in [0.25, 0.3) is 10.8 Å². The van der Waals surface area contributed by atoms with E-state index in [2.05, 4.69) is 32.5 Å². The Labute approximate surface area is 292 Å². The number of pyridine rings is 1. The van der Waals surface area contributed by atoms with Crippen molar-refractivity contribution in [1.82, 2.24) is 25.2 Å². The van der Waals surface area contributed by atoms with Crippen molar-refractivity contribution in [2.45, 2.75) is 119 Å². The minimum atomic E-state index is -3.84. The van der Waals surface area contributed by atoms with Gasteiger partial charge in [-0.1, -0.05) is 38.3 Å². The SMILES string of the molecule is CC[C@@H]1CC1(NC(=O)[C@@H]1C[C@@H]2CN1C(=O)[C@H](C1CCCC1)NC(=O)OCCCCCc1ccc3ccnc(c3c1)O2)C(=O)NS(=O)(=O)C1CC1. The van der Waals surface area contributed by atoms with Gasteiger partial charge in [0.15, 0.2) is 0 Å². The molecule has 0 spiro atoms. The summed E-state index contributed by atoms with van der Waals surface area (Å²) in [5.74, 6) is -1.68. The van der Waals surface area contributed by atoms with Crippen molar-refractivity contribution in [1.29, 1.82) is 0 Å². The first kappa shape index (κ1) is 34.5. The molecule has 5 atom stereocenters. The molecule has 3 aliphatic carbocycles. The Balaban J connectivity index is 1.20. The van der Waals surface area contributed by atoms with Crippen LogP contribution in [0, 0.1) is 11.8 Å². The van der Waals surface area contributed by atoms with E-state index in [1.54, 1.807) is 6.20 Å². The number of hydrogen-bond acceptors (Lipinski definition) is 9. The number of carbonyl (C=O) groups is 4. The molecular formula is C36H47N5O8S. The summed E-state index contributed by atoms with van der Waals surface area (Å²) < 4.78 is 39.6. The van der Waals surface area contributed by atoms with Gasteiger partial charge in [-0.3, -0.25) is 19.1 Å². The van der Waals surface area contributed by atoms with Crippen molar-refractivity contribution < 1.29 is 37.1 Å². The Hall–Kier alpha value is -3.94. The van der Waals surface area contributed by atoms with Gasteiger partial charge in [0.25, 0.3) is 5.91 Å². The van der Waals surface area contributed by atoms with Gasteiger partial charge in [0.05, 0.1) is 18.4 Å². The monoisotopic (exact) mass is 709 g/mol. The van der Waals surface area contributed by atoms with Crippen LogP contribution in [0.4, 0.5) is 4.79 Å². The highest BCUT2D eigenvalue weighted by Crippen LogP contribution is 2.47. The fourth-order valence-electron chi connectivity index (χ4n) is 8.06. The second-order valence-corrected chi connectivity index (χ2v) is 16.7. The molecule has 4 amide bonds. The van der Waals surface area contributed by atoms with E-state index in [0.29, 0.717) is 38.0 Å². The maximum Gasteiger partial charge on any atom is 0.407 e. The molecule has 4 bridgehead atoms. The minimum absolute atomic E-state index is 0.0566. The quantitative estimate of drug-likeness (QED) is 0.389. The summed E-state index contributed by atoms with van der Waals surface area (Å²) in [6.07, 6.45) is 9.01. The van der Waals surface area contributed by atoms with Gasteiger partial charge in [-0.05, 0) is 92.7 Å². The third kappa shape index (κ3) is 7.13. The number of alkyl carbamates (subject to hydrolysis) is 1. The van der Waals surface area contributed by atoms with Crippen LogP contribution < -0.4 is 20.1 Å². The van der Waals surface area contributed by atoms with E-state index in [0.717, 1.165) is 61.3 Å². The number of benzene rings is 1. The molecule has 3 saturated carbocycles. The van der Waals surface area contributed by atoms with Gasteiger partial charge >= 0.3 is 6.09 Å². The van der Waals surface area contributed by atoms with Gasteiger partial charge in [0.2, 0.25) is 27.7 Å². The largest absolute Gasteiger partial charge is 0.472 e. The minimum Gasteiger partial charge on any atom is -0.472 e. The number of hydrogen-bond donors (Lipinski definition) is 3. The van der Waals surface area contributed by atoms with Gasteiger partial charge < -0.3 is 25.0 Å². The predicted octanol–water partition coefficient (Wildman–Crippen LogP) is 3.49. The number of rotatable bonds is 7. The molecule has 1 saturated heterocycles. The number of aromatic nitrogens is 1. The molecule has 270 valence electrons. The van der Waals surface area contributed by atoms with Crippen molar-refractivity contribution in [2.24, 2.45) is 11.8 Å². The van der Waals surface area contributed by atoms with Crippen LogP contribution in [0.15, 0.2) is 30.5 Å². The molecule has 3 heterocycles. The van der Waals surface area contributed by atoms with Gasteiger partial charge in [-0.15, -0.1) is 0 Å². The number of fused-ring (bicyclic) bond motifs is 3. The zero-order chi connectivity index (χ0) is 35.0. The van der Waals surface area contributed by atoms with Gasteiger partial charge in [-0.25, -0.2) is 18.2 Å². The standard InChI is InChI=1S/C36H47N5O8S/c1-2-25-20-36(25,34(44)40-50(46,47)27-13-14-27)39-31(42)29-19-26-21-41(29)33(43)30(24-9-5-6-10-24)38-35(45)48-17-7-3-4-8-22-11-12-23-15-16-37-32(49-26)28(23)18-22/h11-12,15-16,18,24-27,29-30H,2-10,13-14,17,19-21H2,1H3,(H,38,45)(H,39,42)(H,40,44)/t25-,26-,29+,30+,36?/m1/s1. The molecule has 1 aromatic heterocycles. The summed E-state index contributed by atoms with van der Waals surface area (Å²) in [6, 6.07) is 6.16. The van der Waals surface area contributed by atoms with Crippen molar-refractivity contribution in [3.63, 3.8) is 0 Å². The van der Waals surface area contributed by atoms with Crippen LogP contribution >= 0.6 is 0 Å². The van der Waals surface area contributed by atoms with E-state index in [1.165, 1.54) is 4.90 Å². The smallest absolute Gasteiger partial charge is 0.407 e. The zero-order valence-corrected chi connectivity index (χ0v) is 29.3. The number of cyclic esters (lactones) is 1. The summed E-state index contributed by atoms with van der Waals surface area (Å²) in [4.78, 5) is 61.4. The first-order valence-electron chi connectivity index (χ1n) is 18.2. The van der Waals surface area contributed by atoms with Crippen LogP contribution in [0.3, 0.4) is 0 Å². The number of sulfonamides is 1. The summed E-state index contributed by atoms with van der Waals surface area (Å²) in [7, 11) is -3.84. The topological polar surface area (TPSA) is 173 Å². The third-order valence-corrected chi connectivity index (χ3v) is 13.0. The molecule has 0 radical (unpaired) electrons. The van der Waals surface area contributed by atoms with Crippen molar-refractivity contribution in [3.8, 4) is 5.88 Å². The maximum atomic E-state index is 14.5. The number of carbonyl (C=O) groups excluding carboxylic acids is 4. The highest BCUT2D eigenvalue weighted by molar-refractivity contribution is 7.91. The molecule has 14 heteroatoms. The second-order valence-electron chi connectivity index (χ2n) is 14.7. The predicted molar refractivity (Wildman–Crippen MR) is 183 cm³/mol. The molecule has 50 heavy (non-hydrogen) atoms. The first-order valence-corrected chi connectivity index (χ1v) is 19.8. The van der Waals surface area contributed by atoms with E-state index in [9.17, 15) is 27.6 Å². The molecule has 4 fully saturated rings. The number of aryl methyl sites for hydroxylation is 1. The van der Waals surface area contributed by atoms with Crippen LogP contribution in [0.1, 0.15) is 89.5 Å².